The Morgan fingerprint density at radius 1 is 0.919 bits per heavy atom. The molecule has 12 heteroatoms. The Balaban J connectivity index is 1.50. The quantitative estimate of drug-likeness (QED) is 0.272. The van der Waals surface area contributed by atoms with E-state index in [0.717, 1.165) is 5.56 Å². The topological polar surface area (TPSA) is 113 Å². The van der Waals surface area contributed by atoms with E-state index >= 15 is 0 Å². The summed E-state index contributed by atoms with van der Waals surface area (Å²) in [5, 5.41) is 6.15. The van der Waals surface area contributed by atoms with Crippen molar-refractivity contribution in [1.82, 2.24) is 34.6 Å². The molecule has 9 nitrogen and oxygen atoms in total. The van der Waals surface area contributed by atoms with Gasteiger partial charge in [-0.1, -0.05) is 23.2 Å². The van der Waals surface area contributed by atoms with E-state index in [-0.39, 0.29) is 30.2 Å². The molecule has 37 heavy (non-hydrogen) atoms. The minimum absolute atomic E-state index is 0.174. The number of alkyl halides is 1. The van der Waals surface area contributed by atoms with Crippen molar-refractivity contribution in [1.29, 1.82) is 0 Å². The third kappa shape index (κ3) is 5.70. The first kappa shape index (κ1) is 25.4. The molecular formula is C25H22Cl3N7O2. The van der Waals surface area contributed by atoms with Crippen LogP contribution in [0.3, 0.4) is 0 Å². The van der Waals surface area contributed by atoms with Crippen LogP contribution in [0.2, 0.25) is 10.0 Å². The van der Waals surface area contributed by atoms with Gasteiger partial charge in [-0.15, -0.1) is 11.6 Å². The molecule has 3 heterocycles. The fourth-order valence-electron chi connectivity index (χ4n) is 4.21. The van der Waals surface area contributed by atoms with Gasteiger partial charge in [0.15, 0.2) is 0 Å². The monoisotopic (exact) mass is 557 g/mol. The standard InChI is InChI=1S/C25H22Cl3N7O2/c1-14-9-29-35(10-14)17(8-26)11-34(12-22-30-20-4-2-15(27)6-18(20)24(36)32-22)13-23-31-21-5-3-16(28)7-19(21)25(37)33-23/h2-7,9-10,17H,8,11-13H2,1H3,(H,30,32,36)(H,31,33,37)/t17-/m0/s1. The number of hydrogen-bond acceptors (Lipinski definition) is 6. The number of benzene rings is 2. The third-order valence-corrected chi connectivity index (χ3v) is 6.76. The lowest BCUT2D eigenvalue weighted by atomic mass is 10.2. The van der Waals surface area contributed by atoms with Gasteiger partial charge in [0, 0.05) is 28.7 Å². The fourth-order valence-corrected chi connectivity index (χ4v) is 4.79. The fraction of sp³-hybridized carbons (Fsp3) is 0.240. The Kier molecular flexibility index (Phi) is 7.30. The van der Waals surface area contributed by atoms with E-state index in [4.69, 9.17) is 34.8 Å². The normalized spacial score (nSPS) is 12.6. The second-order valence-electron chi connectivity index (χ2n) is 8.82. The van der Waals surface area contributed by atoms with Crippen molar-refractivity contribution in [2.24, 2.45) is 0 Å². The highest BCUT2D eigenvalue weighted by molar-refractivity contribution is 6.31. The van der Waals surface area contributed by atoms with Crippen molar-refractivity contribution in [3.05, 3.63) is 96.8 Å². The summed E-state index contributed by atoms with van der Waals surface area (Å²) in [6, 6.07) is 9.81. The van der Waals surface area contributed by atoms with Crippen molar-refractivity contribution in [2.45, 2.75) is 26.1 Å². The number of hydrogen-bond donors (Lipinski definition) is 2. The van der Waals surface area contributed by atoms with Crippen molar-refractivity contribution in [2.75, 3.05) is 12.4 Å². The first-order valence-electron chi connectivity index (χ1n) is 11.4. The molecule has 0 saturated carbocycles. The van der Waals surface area contributed by atoms with Crippen LogP contribution >= 0.6 is 34.8 Å². The molecule has 5 aromatic rings. The summed E-state index contributed by atoms with van der Waals surface area (Å²) in [6.07, 6.45) is 3.69. The van der Waals surface area contributed by atoms with Gasteiger partial charge in [0.2, 0.25) is 0 Å². The van der Waals surface area contributed by atoms with Crippen molar-refractivity contribution in [3.63, 3.8) is 0 Å². The smallest absolute Gasteiger partial charge is 0.258 e. The average Bonchev–Trinajstić information content (AvgIpc) is 3.29. The maximum absolute atomic E-state index is 12.7. The third-order valence-electron chi connectivity index (χ3n) is 5.93. The highest BCUT2D eigenvalue weighted by Crippen LogP contribution is 2.19. The van der Waals surface area contributed by atoms with Gasteiger partial charge in [-0.05, 0) is 48.9 Å². The molecule has 1 atom stereocenters. The Morgan fingerprint density at radius 3 is 1.92 bits per heavy atom. The molecule has 0 radical (unpaired) electrons. The molecule has 190 valence electrons. The van der Waals surface area contributed by atoms with Crippen molar-refractivity contribution in [3.8, 4) is 0 Å². The largest absolute Gasteiger partial charge is 0.309 e. The molecule has 0 spiro atoms. The second-order valence-corrected chi connectivity index (χ2v) is 10.0. The van der Waals surface area contributed by atoms with Crippen LogP contribution in [0.5, 0.6) is 0 Å². The van der Waals surface area contributed by atoms with E-state index in [0.29, 0.717) is 55.9 Å². The zero-order valence-corrected chi connectivity index (χ0v) is 22.0. The molecule has 0 unspecified atom stereocenters. The predicted molar refractivity (Wildman–Crippen MR) is 146 cm³/mol. The highest BCUT2D eigenvalue weighted by atomic mass is 35.5. The van der Waals surface area contributed by atoms with E-state index in [2.05, 4.69) is 25.0 Å². The van der Waals surface area contributed by atoms with Crippen LogP contribution in [-0.4, -0.2) is 47.0 Å². The van der Waals surface area contributed by atoms with Crippen molar-refractivity contribution >= 4 is 56.6 Å². The number of fused-ring (bicyclic) bond motifs is 2. The van der Waals surface area contributed by atoms with E-state index in [1.165, 1.54) is 0 Å². The Labute approximate surface area is 226 Å². The Bertz CT molecular complexity index is 1610. The molecule has 0 aliphatic rings. The summed E-state index contributed by atoms with van der Waals surface area (Å²) >= 11 is 18.4. The van der Waals surface area contributed by atoms with Crippen LogP contribution in [0.15, 0.2) is 58.4 Å². The van der Waals surface area contributed by atoms with Crippen LogP contribution < -0.4 is 11.1 Å². The SMILES string of the molecule is Cc1cnn([C@@H](CCl)CN(Cc2nc3ccc(Cl)cc3c(=O)[nH]2)Cc2nc3ccc(Cl)cc3c(=O)[nH]2)c1. The van der Waals surface area contributed by atoms with Crippen LogP contribution in [0.25, 0.3) is 21.8 Å². The summed E-state index contributed by atoms with van der Waals surface area (Å²) in [7, 11) is 0. The number of aromatic nitrogens is 6. The molecule has 0 fully saturated rings. The number of nitrogens with zero attached hydrogens (tertiary/aromatic N) is 5. The maximum Gasteiger partial charge on any atom is 0.258 e. The Hall–Kier alpha value is -3.24. The molecule has 0 saturated heterocycles. The lowest BCUT2D eigenvalue weighted by Gasteiger charge is -2.26. The molecule has 0 aliphatic heterocycles. The van der Waals surface area contributed by atoms with E-state index in [1.54, 1.807) is 42.6 Å². The number of aromatic amines is 2. The number of aryl methyl sites for hydroxylation is 1. The minimum Gasteiger partial charge on any atom is -0.309 e. The summed E-state index contributed by atoms with van der Waals surface area (Å²) in [5.41, 5.74) is 1.52. The molecule has 2 N–H and O–H groups in total. The lowest BCUT2D eigenvalue weighted by Crippen LogP contribution is -2.34. The second kappa shape index (κ2) is 10.6. The first-order valence-corrected chi connectivity index (χ1v) is 12.7. The first-order chi connectivity index (χ1) is 17.8. The summed E-state index contributed by atoms with van der Waals surface area (Å²) in [5.74, 6) is 1.22. The summed E-state index contributed by atoms with van der Waals surface area (Å²) in [4.78, 5) is 42.4. The zero-order chi connectivity index (χ0) is 26.1. The van der Waals surface area contributed by atoms with E-state index < -0.39 is 0 Å². The van der Waals surface area contributed by atoms with Gasteiger partial charge in [0.25, 0.3) is 11.1 Å². The maximum atomic E-state index is 12.7. The molecular weight excluding hydrogens is 537 g/mol. The molecule has 3 aromatic heterocycles. The lowest BCUT2D eigenvalue weighted by molar-refractivity contribution is 0.207. The van der Waals surface area contributed by atoms with Crippen LogP contribution in [0.4, 0.5) is 0 Å². The molecule has 2 aromatic carbocycles. The summed E-state index contributed by atoms with van der Waals surface area (Å²) < 4.78 is 1.81. The van der Waals surface area contributed by atoms with Gasteiger partial charge in [-0.2, -0.15) is 5.10 Å². The van der Waals surface area contributed by atoms with Crippen molar-refractivity contribution < 1.29 is 0 Å². The van der Waals surface area contributed by atoms with E-state index in [9.17, 15) is 9.59 Å². The van der Waals surface area contributed by atoms with Crippen LogP contribution in [-0.2, 0) is 13.1 Å². The van der Waals surface area contributed by atoms with Gasteiger partial charge in [0.1, 0.15) is 11.6 Å². The zero-order valence-electron chi connectivity index (χ0n) is 19.7. The Morgan fingerprint density at radius 2 is 1.46 bits per heavy atom. The van der Waals surface area contributed by atoms with E-state index in [1.807, 2.05) is 22.7 Å². The van der Waals surface area contributed by atoms with Crippen LogP contribution in [0.1, 0.15) is 23.3 Å². The number of H-pyrrole nitrogens is 2. The van der Waals surface area contributed by atoms with Gasteiger partial charge < -0.3 is 9.97 Å². The molecule has 0 bridgehead atoms. The molecule has 0 amide bonds. The van der Waals surface area contributed by atoms with Gasteiger partial charge in [-0.25, -0.2) is 9.97 Å². The summed E-state index contributed by atoms with van der Waals surface area (Å²) in [6.45, 7) is 2.95. The van der Waals surface area contributed by atoms with Gasteiger partial charge in [-0.3, -0.25) is 19.2 Å². The number of rotatable bonds is 8. The van der Waals surface area contributed by atoms with Gasteiger partial charge in [0.05, 0.1) is 47.1 Å². The highest BCUT2D eigenvalue weighted by Gasteiger charge is 2.20. The molecule has 0 aliphatic carbocycles. The minimum atomic E-state index is -0.284. The molecule has 5 rings (SSSR count). The number of nitrogens with one attached hydrogen (secondary N) is 2. The van der Waals surface area contributed by atoms with Crippen LogP contribution in [0, 0.1) is 6.92 Å². The number of halogens is 3. The predicted octanol–water partition coefficient (Wildman–Crippen LogP) is 4.45. The van der Waals surface area contributed by atoms with Gasteiger partial charge >= 0.3 is 0 Å². The average molecular weight is 559 g/mol.